The number of carbonyl (C=O) groups excluding carboxylic acids is 1. The smallest absolute Gasteiger partial charge is 0.475 e. The van der Waals surface area contributed by atoms with Crippen molar-refractivity contribution in [3.8, 4) is 0 Å². The quantitative estimate of drug-likeness (QED) is 0.728. The van der Waals surface area contributed by atoms with Crippen LogP contribution >= 0.6 is 0 Å². The molecular formula is C18H28F4N2O3. The molecule has 0 aromatic heterocycles. The molecule has 0 spiro atoms. The number of hydrogen-bond donors (Lipinski definition) is 1. The molecule has 27 heavy (non-hydrogen) atoms. The summed E-state index contributed by atoms with van der Waals surface area (Å²) in [6.07, 6.45) is 2.71. The van der Waals surface area contributed by atoms with Gasteiger partial charge < -0.3 is 14.9 Å². The van der Waals surface area contributed by atoms with E-state index in [1.165, 1.54) is 25.8 Å². The average Bonchev–Trinajstić information content (AvgIpc) is 2.59. The predicted molar refractivity (Wildman–Crippen MR) is 91.0 cm³/mol. The summed E-state index contributed by atoms with van der Waals surface area (Å²) in [5, 5.41) is 7.12. The van der Waals surface area contributed by atoms with Crippen LogP contribution in [0.4, 0.5) is 17.6 Å². The van der Waals surface area contributed by atoms with Crippen molar-refractivity contribution in [3.05, 3.63) is 0 Å². The van der Waals surface area contributed by atoms with Gasteiger partial charge in [-0.05, 0) is 64.5 Å². The van der Waals surface area contributed by atoms with Crippen LogP contribution in [0, 0.1) is 5.92 Å². The fourth-order valence-corrected chi connectivity index (χ4v) is 4.17. The maximum absolute atomic E-state index is 14.2. The average molecular weight is 396 g/mol. The van der Waals surface area contributed by atoms with Gasteiger partial charge in [0.15, 0.2) is 5.67 Å². The first-order valence-corrected chi connectivity index (χ1v) is 9.53. The molecule has 0 bridgehead atoms. The molecular weight excluding hydrogens is 368 g/mol. The van der Waals surface area contributed by atoms with Crippen molar-refractivity contribution in [3.63, 3.8) is 0 Å². The maximum Gasteiger partial charge on any atom is 0.490 e. The van der Waals surface area contributed by atoms with Crippen molar-refractivity contribution in [1.82, 2.24) is 9.80 Å². The molecule has 0 aromatic rings. The molecule has 1 unspecified atom stereocenters. The summed E-state index contributed by atoms with van der Waals surface area (Å²) >= 11 is 0. The van der Waals surface area contributed by atoms with E-state index in [1.807, 2.05) is 0 Å². The summed E-state index contributed by atoms with van der Waals surface area (Å²) in [7, 11) is 2.23. The van der Waals surface area contributed by atoms with E-state index in [9.17, 15) is 22.4 Å². The zero-order chi connectivity index (χ0) is 20.2. The van der Waals surface area contributed by atoms with E-state index in [0.717, 1.165) is 32.4 Å². The standard InChI is InChI=1S/C16H27FN2O.C2HF3O2/c1-18-10-3-2-5-14(18)13-6-11-19(12-7-13)15(20)16(17)8-4-9-16;3-2(4,5)1(6)7/h13-14H,2-12H2,1H3;(H,6,7). The number of carboxylic acid groups (broad SMARTS) is 1. The van der Waals surface area contributed by atoms with Crippen molar-refractivity contribution in [2.24, 2.45) is 5.92 Å². The van der Waals surface area contributed by atoms with Crippen LogP contribution in [0.1, 0.15) is 51.4 Å². The first-order valence-electron chi connectivity index (χ1n) is 9.53. The van der Waals surface area contributed by atoms with Crippen LogP contribution in [0.3, 0.4) is 0 Å². The Bertz CT molecular complexity index is 529. The molecule has 2 saturated heterocycles. The molecule has 0 radical (unpaired) electrons. The second kappa shape index (κ2) is 8.75. The van der Waals surface area contributed by atoms with E-state index in [-0.39, 0.29) is 5.91 Å². The van der Waals surface area contributed by atoms with Crippen molar-refractivity contribution in [2.45, 2.75) is 69.3 Å². The number of piperidine rings is 2. The third-order valence-electron chi connectivity index (χ3n) is 5.97. The highest BCUT2D eigenvalue weighted by atomic mass is 19.4. The van der Waals surface area contributed by atoms with Gasteiger partial charge in [0.2, 0.25) is 0 Å². The van der Waals surface area contributed by atoms with Crippen LogP contribution < -0.4 is 0 Å². The molecule has 5 nitrogen and oxygen atoms in total. The zero-order valence-electron chi connectivity index (χ0n) is 15.6. The minimum Gasteiger partial charge on any atom is -0.475 e. The van der Waals surface area contributed by atoms with E-state index < -0.39 is 17.8 Å². The predicted octanol–water partition coefficient (Wildman–Crippen LogP) is 3.23. The van der Waals surface area contributed by atoms with Crippen LogP contribution in [0.15, 0.2) is 0 Å². The molecule has 1 amide bonds. The van der Waals surface area contributed by atoms with Gasteiger partial charge in [-0.2, -0.15) is 13.2 Å². The van der Waals surface area contributed by atoms with Gasteiger partial charge in [0.25, 0.3) is 5.91 Å². The molecule has 3 aliphatic rings. The number of halogens is 4. The summed E-state index contributed by atoms with van der Waals surface area (Å²) in [6.45, 7) is 2.73. The van der Waals surface area contributed by atoms with Crippen LogP contribution in [0.2, 0.25) is 0 Å². The Morgan fingerprint density at radius 3 is 1.96 bits per heavy atom. The van der Waals surface area contributed by atoms with Crippen LogP contribution in [-0.4, -0.2) is 71.4 Å². The second-order valence-electron chi connectivity index (χ2n) is 7.80. The zero-order valence-corrected chi connectivity index (χ0v) is 15.6. The number of nitrogens with zero attached hydrogens (tertiary/aromatic N) is 2. The minimum atomic E-state index is -5.08. The number of alkyl halides is 4. The number of hydrogen-bond acceptors (Lipinski definition) is 3. The summed E-state index contributed by atoms with van der Waals surface area (Å²) in [5.74, 6) is -2.28. The molecule has 1 saturated carbocycles. The number of likely N-dealkylation sites (tertiary alicyclic amines) is 2. The summed E-state index contributed by atoms with van der Waals surface area (Å²) < 4.78 is 45.9. The minimum absolute atomic E-state index is 0.223. The van der Waals surface area contributed by atoms with Gasteiger partial charge in [-0.1, -0.05) is 6.42 Å². The SMILES string of the molecule is CN1CCCCC1C1CCN(C(=O)C2(F)CCC2)CC1.O=C(O)C(F)(F)F. The van der Waals surface area contributed by atoms with Crippen molar-refractivity contribution in [1.29, 1.82) is 0 Å². The molecule has 1 atom stereocenters. The number of amides is 1. The number of carboxylic acids is 1. The summed E-state index contributed by atoms with van der Waals surface area (Å²) in [5.41, 5.74) is -1.51. The molecule has 2 heterocycles. The molecule has 1 aliphatic carbocycles. The van der Waals surface area contributed by atoms with Gasteiger partial charge in [0.05, 0.1) is 0 Å². The highest BCUT2D eigenvalue weighted by molar-refractivity contribution is 5.86. The number of aliphatic carboxylic acids is 1. The highest BCUT2D eigenvalue weighted by Crippen LogP contribution is 2.39. The van der Waals surface area contributed by atoms with E-state index >= 15 is 0 Å². The molecule has 2 aliphatic heterocycles. The van der Waals surface area contributed by atoms with E-state index in [1.54, 1.807) is 4.90 Å². The third kappa shape index (κ3) is 5.56. The monoisotopic (exact) mass is 396 g/mol. The molecule has 156 valence electrons. The highest BCUT2D eigenvalue weighted by Gasteiger charge is 2.47. The van der Waals surface area contributed by atoms with E-state index in [0.29, 0.717) is 24.8 Å². The van der Waals surface area contributed by atoms with Crippen molar-refractivity contribution < 1.29 is 32.3 Å². The number of carbonyl (C=O) groups is 2. The van der Waals surface area contributed by atoms with Crippen LogP contribution in [0.5, 0.6) is 0 Å². The maximum atomic E-state index is 14.2. The van der Waals surface area contributed by atoms with Gasteiger partial charge in [-0.15, -0.1) is 0 Å². The fourth-order valence-electron chi connectivity index (χ4n) is 4.17. The van der Waals surface area contributed by atoms with Crippen LogP contribution in [0.25, 0.3) is 0 Å². The van der Waals surface area contributed by atoms with Gasteiger partial charge in [0, 0.05) is 19.1 Å². The van der Waals surface area contributed by atoms with Gasteiger partial charge in [-0.3, -0.25) is 4.79 Å². The topological polar surface area (TPSA) is 60.9 Å². The van der Waals surface area contributed by atoms with Crippen molar-refractivity contribution in [2.75, 3.05) is 26.7 Å². The lowest BCUT2D eigenvalue weighted by Gasteiger charge is -2.44. The first kappa shape index (κ1) is 21.9. The van der Waals surface area contributed by atoms with E-state index in [2.05, 4.69) is 11.9 Å². The van der Waals surface area contributed by atoms with Crippen molar-refractivity contribution >= 4 is 11.9 Å². The third-order valence-corrected chi connectivity index (χ3v) is 5.97. The molecule has 3 rings (SSSR count). The Morgan fingerprint density at radius 1 is 1.00 bits per heavy atom. The fraction of sp³-hybridized carbons (Fsp3) is 0.889. The van der Waals surface area contributed by atoms with Gasteiger partial charge in [-0.25, -0.2) is 9.18 Å². The molecule has 3 fully saturated rings. The lowest BCUT2D eigenvalue weighted by Crippen LogP contribution is -2.54. The Balaban J connectivity index is 0.000000321. The van der Waals surface area contributed by atoms with E-state index in [4.69, 9.17) is 9.90 Å². The Hall–Kier alpha value is -1.38. The lowest BCUT2D eigenvalue weighted by molar-refractivity contribution is -0.192. The summed E-state index contributed by atoms with van der Waals surface area (Å²) in [6, 6.07) is 0.684. The molecule has 1 N–H and O–H groups in total. The van der Waals surface area contributed by atoms with Gasteiger partial charge in [0.1, 0.15) is 0 Å². The molecule has 0 aromatic carbocycles. The Labute approximate surface area is 156 Å². The lowest BCUT2D eigenvalue weighted by atomic mass is 9.79. The Kier molecular flexibility index (Phi) is 7.10. The first-order chi connectivity index (χ1) is 12.5. The summed E-state index contributed by atoms with van der Waals surface area (Å²) in [4.78, 5) is 25.4. The van der Waals surface area contributed by atoms with Crippen LogP contribution in [-0.2, 0) is 9.59 Å². The normalized spacial score (nSPS) is 26.6. The Morgan fingerprint density at radius 2 is 1.56 bits per heavy atom. The number of rotatable bonds is 2. The van der Waals surface area contributed by atoms with Gasteiger partial charge >= 0.3 is 12.1 Å². The second-order valence-corrected chi connectivity index (χ2v) is 7.80. The largest absolute Gasteiger partial charge is 0.490 e. The molecule has 9 heteroatoms.